The Bertz CT molecular complexity index is 216. The predicted octanol–water partition coefficient (Wildman–Crippen LogP) is 0.556. The molecule has 2 atom stereocenters. The van der Waals surface area contributed by atoms with Crippen LogP contribution in [-0.4, -0.2) is 43.2 Å². The Hall–Kier alpha value is -0.640. The number of hydrogen-bond acceptors (Lipinski definition) is 2. The Morgan fingerprint density at radius 3 is 2.93 bits per heavy atom. The van der Waals surface area contributed by atoms with Gasteiger partial charge in [0, 0.05) is 13.1 Å². The molecule has 2 heterocycles. The van der Waals surface area contributed by atoms with Gasteiger partial charge in [-0.1, -0.05) is 0 Å². The molecule has 2 aliphatic heterocycles. The molecule has 0 aromatic heterocycles. The molecule has 1 N–H and O–H groups in total. The lowest BCUT2D eigenvalue weighted by molar-refractivity contribution is -0.137. The number of halogens is 1. The van der Waals surface area contributed by atoms with E-state index in [1.165, 1.54) is 0 Å². The summed E-state index contributed by atoms with van der Waals surface area (Å²) in [5, 5.41) is 3.16. The lowest BCUT2D eigenvalue weighted by atomic mass is 10.0. The summed E-state index contributed by atoms with van der Waals surface area (Å²) >= 11 is 0. The van der Waals surface area contributed by atoms with E-state index in [9.17, 15) is 9.18 Å². The van der Waals surface area contributed by atoms with E-state index < -0.39 is 6.17 Å². The molecule has 2 rings (SSSR count). The molecule has 0 aliphatic carbocycles. The molecule has 0 bridgehead atoms. The zero-order chi connectivity index (χ0) is 9.97. The SMILES string of the molecule is O=C([C@@H]1CCNC1)N1CCC[C@@H](F)C1. The third-order valence-electron chi connectivity index (χ3n) is 3.09. The van der Waals surface area contributed by atoms with Crippen molar-refractivity contribution in [1.82, 2.24) is 10.2 Å². The van der Waals surface area contributed by atoms with Gasteiger partial charge in [0.2, 0.25) is 5.91 Å². The van der Waals surface area contributed by atoms with Gasteiger partial charge in [0.15, 0.2) is 0 Å². The fourth-order valence-corrected chi connectivity index (χ4v) is 2.25. The van der Waals surface area contributed by atoms with Crippen LogP contribution in [0.4, 0.5) is 4.39 Å². The van der Waals surface area contributed by atoms with Crippen molar-refractivity contribution < 1.29 is 9.18 Å². The average Bonchev–Trinajstić information content (AvgIpc) is 2.69. The van der Waals surface area contributed by atoms with Gasteiger partial charge in [0.05, 0.1) is 12.5 Å². The van der Waals surface area contributed by atoms with Crippen molar-refractivity contribution in [3.8, 4) is 0 Å². The van der Waals surface area contributed by atoms with Crippen LogP contribution >= 0.6 is 0 Å². The van der Waals surface area contributed by atoms with Crippen molar-refractivity contribution in [2.24, 2.45) is 5.92 Å². The van der Waals surface area contributed by atoms with Gasteiger partial charge < -0.3 is 10.2 Å². The molecule has 2 aliphatic rings. The summed E-state index contributed by atoms with van der Waals surface area (Å²) in [6.45, 7) is 2.75. The van der Waals surface area contributed by atoms with Crippen LogP contribution in [0.2, 0.25) is 0 Å². The molecule has 0 aromatic carbocycles. The van der Waals surface area contributed by atoms with Crippen molar-refractivity contribution >= 4 is 5.91 Å². The van der Waals surface area contributed by atoms with Gasteiger partial charge in [0.25, 0.3) is 0 Å². The number of rotatable bonds is 1. The first-order valence-corrected chi connectivity index (χ1v) is 5.41. The van der Waals surface area contributed by atoms with E-state index in [1.54, 1.807) is 4.90 Å². The number of amides is 1. The van der Waals surface area contributed by atoms with Crippen molar-refractivity contribution in [2.45, 2.75) is 25.4 Å². The minimum absolute atomic E-state index is 0.0975. The third-order valence-corrected chi connectivity index (χ3v) is 3.09. The van der Waals surface area contributed by atoms with Crippen LogP contribution in [-0.2, 0) is 4.79 Å². The second-order valence-electron chi connectivity index (χ2n) is 4.21. The molecule has 0 spiro atoms. The Morgan fingerprint density at radius 2 is 2.29 bits per heavy atom. The van der Waals surface area contributed by atoms with Gasteiger partial charge in [-0.2, -0.15) is 0 Å². The molecule has 2 fully saturated rings. The fraction of sp³-hybridized carbons (Fsp3) is 0.900. The highest BCUT2D eigenvalue weighted by Gasteiger charge is 2.30. The first-order chi connectivity index (χ1) is 6.77. The van der Waals surface area contributed by atoms with E-state index in [2.05, 4.69) is 5.32 Å². The highest BCUT2D eigenvalue weighted by Crippen LogP contribution is 2.18. The summed E-state index contributed by atoms with van der Waals surface area (Å²) in [6, 6.07) is 0. The van der Waals surface area contributed by atoms with E-state index in [4.69, 9.17) is 0 Å². The average molecular weight is 200 g/mol. The maximum Gasteiger partial charge on any atom is 0.227 e. The van der Waals surface area contributed by atoms with Crippen LogP contribution in [0.3, 0.4) is 0 Å². The topological polar surface area (TPSA) is 32.3 Å². The fourth-order valence-electron chi connectivity index (χ4n) is 2.25. The van der Waals surface area contributed by atoms with Crippen LogP contribution in [0.5, 0.6) is 0 Å². The first kappa shape index (κ1) is 9.90. The highest BCUT2D eigenvalue weighted by atomic mass is 19.1. The maximum absolute atomic E-state index is 13.1. The van der Waals surface area contributed by atoms with Crippen LogP contribution in [0.15, 0.2) is 0 Å². The van der Waals surface area contributed by atoms with Gasteiger partial charge in [-0.3, -0.25) is 4.79 Å². The number of nitrogens with zero attached hydrogens (tertiary/aromatic N) is 1. The normalized spacial score (nSPS) is 33.4. The molecule has 14 heavy (non-hydrogen) atoms. The number of likely N-dealkylation sites (tertiary alicyclic amines) is 1. The number of carbonyl (C=O) groups excluding carboxylic acids is 1. The molecule has 0 unspecified atom stereocenters. The Morgan fingerprint density at radius 1 is 1.43 bits per heavy atom. The van der Waals surface area contributed by atoms with Crippen molar-refractivity contribution in [1.29, 1.82) is 0 Å². The number of piperidine rings is 1. The second-order valence-corrected chi connectivity index (χ2v) is 4.21. The predicted molar refractivity (Wildman–Crippen MR) is 51.7 cm³/mol. The third kappa shape index (κ3) is 2.05. The van der Waals surface area contributed by atoms with E-state index in [1.807, 2.05) is 0 Å². The van der Waals surface area contributed by atoms with Crippen molar-refractivity contribution in [3.05, 3.63) is 0 Å². The molecule has 2 saturated heterocycles. The van der Waals surface area contributed by atoms with Gasteiger partial charge in [-0.15, -0.1) is 0 Å². The number of hydrogen-bond donors (Lipinski definition) is 1. The van der Waals surface area contributed by atoms with Crippen LogP contribution in [0.1, 0.15) is 19.3 Å². The molecule has 0 radical (unpaired) electrons. The van der Waals surface area contributed by atoms with Crippen molar-refractivity contribution in [3.63, 3.8) is 0 Å². The zero-order valence-corrected chi connectivity index (χ0v) is 8.34. The summed E-state index contributed by atoms with van der Waals surface area (Å²) in [6.07, 6.45) is 1.54. The van der Waals surface area contributed by atoms with Crippen LogP contribution in [0, 0.1) is 5.92 Å². The van der Waals surface area contributed by atoms with E-state index in [0.29, 0.717) is 13.0 Å². The second kappa shape index (κ2) is 4.26. The number of nitrogens with one attached hydrogen (secondary N) is 1. The smallest absolute Gasteiger partial charge is 0.227 e. The number of alkyl halides is 1. The summed E-state index contributed by atoms with van der Waals surface area (Å²) in [7, 11) is 0. The van der Waals surface area contributed by atoms with Gasteiger partial charge in [-0.25, -0.2) is 4.39 Å². The Balaban J connectivity index is 1.89. The molecular weight excluding hydrogens is 183 g/mol. The minimum Gasteiger partial charge on any atom is -0.340 e. The highest BCUT2D eigenvalue weighted by molar-refractivity contribution is 5.79. The minimum atomic E-state index is -0.804. The molecule has 80 valence electrons. The van der Waals surface area contributed by atoms with Gasteiger partial charge in [-0.05, 0) is 25.8 Å². The Labute approximate surface area is 83.6 Å². The molecule has 0 saturated carbocycles. The number of carbonyl (C=O) groups is 1. The van der Waals surface area contributed by atoms with Gasteiger partial charge >= 0.3 is 0 Å². The van der Waals surface area contributed by atoms with E-state index in [0.717, 1.165) is 32.5 Å². The van der Waals surface area contributed by atoms with Gasteiger partial charge in [0.1, 0.15) is 6.17 Å². The largest absolute Gasteiger partial charge is 0.340 e. The quantitative estimate of drug-likeness (QED) is 0.670. The molecule has 1 amide bonds. The molecule has 4 heteroatoms. The van der Waals surface area contributed by atoms with E-state index in [-0.39, 0.29) is 11.8 Å². The van der Waals surface area contributed by atoms with E-state index >= 15 is 0 Å². The summed E-state index contributed by atoms with van der Waals surface area (Å²) in [5.74, 6) is 0.248. The summed E-state index contributed by atoms with van der Waals surface area (Å²) in [5.41, 5.74) is 0. The molecule has 0 aromatic rings. The van der Waals surface area contributed by atoms with Crippen LogP contribution < -0.4 is 5.32 Å². The lowest BCUT2D eigenvalue weighted by Gasteiger charge is -2.30. The molecular formula is C10H17FN2O. The maximum atomic E-state index is 13.1. The standard InChI is InChI=1S/C10H17FN2O/c11-9-2-1-5-13(7-9)10(14)8-3-4-12-6-8/h8-9,12H,1-7H2/t8-,9-/m1/s1. The first-order valence-electron chi connectivity index (χ1n) is 5.41. The summed E-state index contributed by atoms with van der Waals surface area (Å²) in [4.78, 5) is 13.6. The van der Waals surface area contributed by atoms with Crippen molar-refractivity contribution in [2.75, 3.05) is 26.2 Å². The monoisotopic (exact) mass is 200 g/mol. The summed E-state index contributed by atoms with van der Waals surface area (Å²) < 4.78 is 13.1. The Kier molecular flexibility index (Phi) is 3.01. The van der Waals surface area contributed by atoms with Crippen LogP contribution in [0.25, 0.3) is 0 Å². The lowest BCUT2D eigenvalue weighted by Crippen LogP contribution is -2.44. The zero-order valence-electron chi connectivity index (χ0n) is 8.34. The molecule has 3 nitrogen and oxygen atoms in total.